The van der Waals surface area contributed by atoms with Crippen molar-refractivity contribution in [3.8, 4) is 22.3 Å². The van der Waals surface area contributed by atoms with Crippen LogP contribution in [-0.2, 0) is 10.8 Å². The Balaban J connectivity index is 1.15. The second kappa shape index (κ2) is 15.4. The Kier molecular flexibility index (Phi) is 9.03. The molecule has 0 N–H and O–H groups in total. The van der Waals surface area contributed by atoms with Crippen molar-refractivity contribution in [1.29, 1.82) is 0 Å². The normalized spacial score (nSPS) is 17.4. The van der Waals surface area contributed by atoms with E-state index in [-0.39, 0.29) is 0 Å². The number of allylic oxidation sites excluding steroid dienone is 2. The summed E-state index contributed by atoms with van der Waals surface area (Å²) in [5.41, 5.74) is 25.6. The van der Waals surface area contributed by atoms with Crippen molar-refractivity contribution in [2.24, 2.45) is 0 Å². The van der Waals surface area contributed by atoms with Crippen LogP contribution >= 0.6 is 0 Å². The minimum absolute atomic E-state index is 0.635. The lowest BCUT2D eigenvalue weighted by atomic mass is 9.66. The Labute approximate surface area is 418 Å². The van der Waals surface area contributed by atoms with Crippen molar-refractivity contribution < 1.29 is 0 Å². The summed E-state index contributed by atoms with van der Waals surface area (Å²) in [6.45, 7) is 9.75. The van der Waals surface area contributed by atoms with Gasteiger partial charge >= 0.3 is 0 Å². The Hall–Kier alpha value is -8.24. The van der Waals surface area contributed by atoms with Gasteiger partial charge in [-0.1, -0.05) is 200 Å². The molecule has 10 aromatic carbocycles. The van der Waals surface area contributed by atoms with Gasteiger partial charge in [-0.25, -0.2) is 0 Å². The van der Waals surface area contributed by atoms with Gasteiger partial charge in [0.05, 0.1) is 18.9 Å². The molecule has 0 bridgehead atoms. The van der Waals surface area contributed by atoms with E-state index >= 15 is 0 Å². The molecule has 0 heterocycles. The molecular weight excluding hydrogens is 873 g/mol. The standard InChI is InChI=1S/C68H52N2Si/c1-45-33-37-55-53-29-17-19-31-59(53)67(61(55)41-45)62-42-50(69(46-21-9-5-10-22-46)47-23-11-6-12-24-47)34-38-57(62)66-65(67)58-39-35-51(70(48-25-13-7-14-26-48)49-27-15-8-16-28-49)43-63(58)68(66)60-32-20-18-30-54(60)56-40-36-52(44-64(56)68)71(2,3)4/h5-44H,1-4H3. The van der Waals surface area contributed by atoms with E-state index in [9.17, 15) is 0 Å². The summed E-state index contributed by atoms with van der Waals surface area (Å²) in [6.07, 6.45) is 0. The third-order valence-electron chi connectivity index (χ3n) is 16.0. The van der Waals surface area contributed by atoms with E-state index < -0.39 is 18.9 Å². The molecule has 2 spiro atoms. The summed E-state index contributed by atoms with van der Waals surface area (Å²) in [5.74, 6) is 0. The van der Waals surface area contributed by atoms with Crippen LogP contribution in [0.4, 0.5) is 34.1 Å². The number of rotatable bonds is 7. The van der Waals surface area contributed by atoms with E-state index in [4.69, 9.17) is 0 Å². The van der Waals surface area contributed by atoms with Crippen molar-refractivity contribution in [1.82, 2.24) is 0 Å². The molecule has 338 valence electrons. The van der Waals surface area contributed by atoms with Gasteiger partial charge in [0.25, 0.3) is 0 Å². The first-order valence-corrected chi connectivity index (χ1v) is 28.6. The van der Waals surface area contributed by atoms with Crippen molar-refractivity contribution in [2.45, 2.75) is 37.4 Å². The molecule has 3 heteroatoms. The molecule has 2 unspecified atom stereocenters. The third kappa shape index (κ3) is 5.75. The highest BCUT2D eigenvalue weighted by Gasteiger charge is 2.64. The van der Waals surface area contributed by atoms with Gasteiger partial charge in [0.2, 0.25) is 0 Å². The molecule has 71 heavy (non-hydrogen) atoms. The Morgan fingerprint density at radius 3 is 1.04 bits per heavy atom. The largest absolute Gasteiger partial charge is 0.310 e. The SMILES string of the molecule is Cc1ccc2c(c1)C1(C3=C(c4ccc(N(c5ccccc5)c5ccccc5)cc41)C1(c4cc(N(c5ccccc5)c5ccccc5)ccc43)c3ccccc3-c3ccc([Si](C)(C)C)cc31)c1ccccc1-2. The molecule has 2 atom stereocenters. The molecular formula is C68H52N2Si. The number of nitrogens with zero attached hydrogens (tertiary/aromatic N) is 2. The highest BCUT2D eigenvalue weighted by molar-refractivity contribution is 6.88. The summed E-state index contributed by atoms with van der Waals surface area (Å²) >= 11 is 0. The summed E-state index contributed by atoms with van der Waals surface area (Å²) in [6, 6.07) is 91.9. The van der Waals surface area contributed by atoms with E-state index in [1.165, 1.54) is 88.7 Å². The van der Waals surface area contributed by atoms with Gasteiger partial charge in [-0.05, 0) is 158 Å². The zero-order valence-corrected chi connectivity index (χ0v) is 41.5. The average Bonchev–Trinajstić information content (AvgIpc) is 4.10. The smallest absolute Gasteiger partial charge is 0.0776 e. The van der Waals surface area contributed by atoms with Crippen LogP contribution in [0.2, 0.25) is 19.6 Å². The quantitative estimate of drug-likeness (QED) is 0.147. The van der Waals surface area contributed by atoms with Crippen molar-refractivity contribution >= 4 is 58.5 Å². The number of fused-ring (bicyclic) bond motifs is 18. The van der Waals surface area contributed by atoms with Crippen LogP contribution in [0.15, 0.2) is 243 Å². The van der Waals surface area contributed by atoms with Crippen LogP contribution in [0.25, 0.3) is 33.4 Å². The number of anilines is 6. The maximum Gasteiger partial charge on any atom is 0.0776 e. The molecule has 0 fully saturated rings. The topological polar surface area (TPSA) is 6.48 Å². The Morgan fingerprint density at radius 2 is 0.620 bits per heavy atom. The zero-order valence-electron chi connectivity index (χ0n) is 40.5. The van der Waals surface area contributed by atoms with Gasteiger partial charge in [-0.2, -0.15) is 0 Å². The molecule has 0 aromatic heterocycles. The van der Waals surface area contributed by atoms with Gasteiger partial charge in [0, 0.05) is 34.1 Å². The molecule has 2 nitrogen and oxygen atoms in total. The molecule has 0 saturated carbocycles. The van der Waals surface area contributed by atoms with Crippen LogP contribution in [-0.4, -0.2) is 8.07 Å². The predicted octanol–water partition coefficient (Wildman–Crippen LogP) is 17.0. The van der Waals surface area contributed by atoms with E-state index in [0.717, 1.165) is 34.1 Å². The second-order valence-corrected chi connectivity index (χ2v) is 26.0. The van der Waals surface area contributed by atoms with Gasteiger partial charge in [0.15, 0.2) is 0 Å². The fraction of sp³-hybridized carbons (Fsp3) is 0.0882. The molecule has 0 saturated heterocycles. The first-order valence-electron chi connectivity index (χ1n) is 25.1. The van der Waals surface area contributed by atoms with Crippen LogP contribution in [0.3, 0.4) is 0 Å². The minimum Gasteiger partial charge on any atom is -0.310 e. The summed E-state index contributed by atoms with van der Waals surface area (Å²) in [4.78, 5) is 4.88. The van der Waals surface area contributed by atoms with Crippen molar-refractivity contribution in [3.05, 3.63) is 293 Å². The molecule has 0 amide bonds. The van der Waals surface area contributed by atoms with Gasteiger partial charge in [-0.3, -0.25) is 0 Å². The molecule has 0 radical (unpaired) electrons. The number of para-hydroxylation sites is 4. The lowest BCUT2D eigenvalue weighted by molar-refractivity contribution is 0.825. The summed E-state index contributed by atoms with van der Waals surface area (Å²) in [7, 11) is -1.81. The summed E-state index contributed by atoms with van der Waals surface area (Å²) < 4.78 is 0. The lowest BCUT2D eigenvalue weighted by Crippen LogP contribution is -2.39. The lowest BCUT2D eigenvalue weighted by Gasteiger charge is -2.37. The second-order valence-electron chi connectivity index (χ2n) is 20.9. The monoisotopic (exact) mass is 924 g/mol. The van der Waals surface area contributed by atoms with E-state index in [0.29, 0.717) is 0 Å². The van der Waals surface area contributed by atoms with Crippen molar-refractivity contribution in [2.75, 3.05) is 9.80 Å². The number of hydrogen-bond acceptors (Lipinski definition) is 2. The third-order valence-corrected chi connectivity index (χ3v) is 18.1. The highest BCUT2D eigenvalue weighted by atomic mass is 28.3. The maximum absolute atomic E-state index is 2.65. The molecule has 4 aliphatic rings. The Morgan fingerprint density at radius 1 is 0.282 bits per heavy atom. The first kappa shape index (κ1) is 41.7. The summed E-state index contributed by atoms with van der Waals surface area (Å²) in [5, 5.41) is 1.47. The van der Waals surface area contributed by atoms with Gasteiger partial charge in [-0.15, -0.1) is 0 Å². The number of aryl methyl sites for hydroxylation is 1. The molecule has 14 rings (SSSR count). The average molecular weight is 925 g/mol. The number of benzene rings is 10. The highest BCUT2D eigenvalue weighted by Crippen LogP contribution is 2.75. The van der Waals surface area contributed by atoms with Crippen LogP contribution in [0, 0.1) is 6.92 Å². The van der Waals surface area contributed by atoms with Gasteiger partial charge < -0.3 is 9.80 Å². The first-order chi connectivity index (χ1) is 34.8. The molecule has 10 aromatic rings. The predicted molar refractivity (Wildman–Crippen MR) is 300 cm³/mol. The van der Waals surface area contributed by atoms with E-state index in [1.807, 2.05) is 0 Å². The van der Waals surface area contributed by atoms with E-state index in [2.05, 4.69) is 279 Å². The van der Waals surface area contributed by atoms with Gasteiger partial charge in [0.1, 0.15) is 0 Å². The van der Waals surface area contributed by atoms with E-state index in [1.54, 1.807) is 0 Å². The fourth-order valence-electron chi connectivity index (χ4n) is 13.2. The van der Waals surface area contributed by atoms with Crippen LogP contribution < -0.4 is 15.0 Å². The molecule has 4 aliphatic carbocycles. The maximum atomic E-state index is 2.65. The fourth-order valence-corrected chi connectivity index (χ4v) is 14.3. The Bertz CT molecular complexity index is 3740. The van der Waals surface area contributed by atoms with Crippen LogP contribution in [0.5, 0.6) is 0 Å². The van der Waals surface area contributed by atoms with Crippen LogP contribution in [0.1, 0.15) is 50.1 Å². The minimum atomic E-state index is -1.81. The van der Waals surface area contributed by atoms with Crippen molar-refractivity contribution in [3.63, 3.8) is 0 Å². The molecule has 0 aliphatic heterocycles. The number of hydrogen-bond donors (Lipinski definition) is 0. The zero-order chi connectivity index (χ0) is 47.6.